The standard InChI is InChI=1S/C20H25FN2O4/c1-20(2,3)27-19(25)23-13-12-22(14-17(23)18(24)26-4)11-5-6-15-7-9-16(21)10-8-15/h7-10,17H,11-14H2,1-4H3/t17-/m0/s1. The minimum Gasteiger partial charge on any atom is -0.467 e. The zero-order chi connectivity index (χ0) is 20.0. The number of nitrogens with zero attached hydrogens (tertiary/aromatic N) is 2. The Labute approximate surface area is 159 Å². The van der Waals surface area contributed by atoms with Crippen molar-refractivity contribution in [2.45, 2.75) is 32.4 Å². The molecule has 0 saturated carbocycles. The highest BCUT2D eigenvalue weighted by atomic mass is 19.1. The van der Waals surface area contributed by atoms with Crippen LogP contribution in [0.1, 0.15) is 26.3 Å². The number of hydrogen-bond donors (Lipinski definition) is 0. The van der Waals surface area contributed by atoms with Crippen LogP contribution in [0.4, 0.5) is 9.18 Å². The SMILES string of the molecule is COC(=O)[C@@H]1CN(CC#Cc2ccc(F)cc2)CCN1C(=O)OC(C)(C)C. The summed E-state index contributed by atoms with van der Waals surface area (Å²) in [6, 6.07) is 5.19. The molecule has 0 bridgehead atoms. The van der Waals surface area contributed by atoms with Crippen molar-refractivity contribution in [2.75, 3.05) is 33.3 Å². The predicted octanol–water partition coefficient (Wildman–Crippen LogP) is 2.27. The summed E-state index contributed by atoms with van der Waals surface area (Å²) in [5.41, 5.74) is 0.0727. The average molecular weight is 376 g/mol. The first-order valence-electron chi connectivity index (χ1n) is 8.74. The highest BCUT2D eigenvalue weighted by molar-refractivity contribution is 5.82. The van der Waals surface area contributed by atoms with Crippen LogP contribution in [0.25, 0.3) is 0 Å². The van der Waals surface area contributed by atoms with E-state index in [2.05, 4.69) is 11.8 Å². The van der Waals surface area contributed by atoms with Crippen LogP contribution >= 0.6 is 0 Å². The first kappa shape index (κ1) is 20.7. The number of hydrogen-bond acceptors (Lipinski definition) is 5. The van der Waals surface area contributed by atoms with Crippen LogP contribution in [0, 0.1) is 17.7 Å². The van der Waals surface area contributed by atoms with Gasteiger partial charge in [0.1, 0.15) is 17.5 Å². The summed E-state index contributed by atoms with van der Waals surface area (Å²) >= 11 is 0. The van der Waals surface area contributed by atoms with Crippen molar-refractivity contribution in [3.63, 3.8) is 0 Å². The third-order valence-electron chi connectivity index (χ3n) is 3.95. The van der Waals surface area contributed by atoms with Crippen molar-refractivity contribution in [3.8, 4) is 11.8 Å². The molecule has 0 aliphatic carbocycles. The summed E-state index contributed by atoms with van der Waals surface area (Å²) < 4.78 is 23.1. The number of amides is 1. The van der Waals surface area contributed by atoms with Gasteiger partial charge in [0.2, 0.25) is 0 Å². The van der Waals surface area contributed by atoms with Gasteiger partial charge in [-0.15, -0.1) is 0 Å². The van der Waals surface area contributed by atoms with Gasteiger partial charge in [-0.1, -0.05) is 11.8 Å². The van der Waals surface area contributed by atoms with Gasteiger partial charge in [0.15, 0.2) is 0 Å². The molecule has 6 nitrogen and oxygen atoms in total. The number of esters is 1. The highest BCUT2D eigenvalue weighted by Gasteiger charge is 2.38. The molecule has 1 aromatic rings. The smallest absolute Gasteiger partial charge is 0.411 e. The second-order valence-electron chi connectivity index (χ2n) is 7.26. The van der Waals surface area contributed by atoms with E-state index in [4.69, 9.17) is 9.47 Å². The maximum atomic E-state index is 12.9. The molecular weight excluding hydrogens is 351 g/mol. The molecule has 1 aliphatic heterocycles. The molecule has 0 spiro atoms. The lowest BCUT2D eigenvalue weighted by atomic mass is 10.1. The minimum absolute atomic E-state index is 0.306. The maximum absolute atomic E-state index is 12.9. The van der Waals surface area contributed by atoms with Crippen LogP contribution in [-0.4, -0.2) is 66.8 Å². The molecule has 1 saturated heterocycles. The Morgan fingerprint density at radius 3 is 2.48 bits per heavy atom. The van der Waals surface area contributed by atoms with E-state index in [1.807, 2.05) is 4.90 Å². The zero-order valence-electron chi connectivity index (χ0n) is 16.1. The molecule has 1 fully saturated rings. The number of carbonyl (C=O) groups is 2. The molecule has 7 heteroatoms. The number of rotatable bonds is 2. The molecule has 0 radical (unpaired) electrons. The number of halogens is 1. The lowest BCUT2D eigenvalue weighted by Gasteiger charge is -2.39. The molecular formula is C20H25FN2O4. The van der Waals surface area contributed by atoms with Gasteiger partial charge >= 0.3 is 12.1 Å². The Balaban J connectivity index is 2.02. The van der Waals surface area contributed by atoms with Gasteiger partial charge < -0.3 is 9.47 Å². The van der Waals surface area contributed by atoms with E-state index < -0.39 is 23.7 Å². The van der Waals surface area contributed by atoms with Crippen LogP contribution < -0.4 is 0 Å². The normalized spacial score (nSPS) is 17.7. The molecule has 2 rings (SSSR count). The Hall–Kier alpha value is -2.59. The summed E-state index contributed by atoms with van der Waals surface area (Å²) in [6.45, 7) is 6.97. The van der Waals surface area contributed by atoms with Crippen molar-refractivity contribution >= 4 is 12.1 Å². The Morgan fingerprint density at radius 1 is 1.22 bits per heavy atom. The first-order valence-corrected chi connectivity index (χ1v) is 8.74. The number of benzene rings is 1. The van der Waals surface area contributed by atoms with Gasteiger partial charge in [-0.05, 0) is 45.0 Å². The quantitative estimate of drug-likeness (QED) is 0.585. The highest BCUT2D eigenvalue weighted by Crippen LogP contribution is 2.16. The number of piperazine rings is 1. The van der Waals surface area contributed by atoms with Crippen molar-refractivity contribution in [1.82, 2.24) is 9.80 Å². The topological polar surface area (TPSA) is 59.1 Å². The third-order valence-corrected chi connectivity index (χ3v) is 3.95. The summed E-state index contributed by atoms with van der Waals surface area (Å²) in [5.74, 6) is 5.19. The van der Waals surface area contributed by atoms with E-state index in [0.717, 1.165) is 0 Å². The monoisotopic (exact) mass is 376 g/mol. The van der Waals surface area contributed by atoms with Gasteiger partial charge in [-0.3, -0.25) is 9.80 Å². The van der Waals surface area contributed by atoms with E-state index >= 15 is 0 Å². The molecule has 27 heavy (non-hydrogen) atoms. The molecule has 0 aromatic heterocycles. The second kappa shape index (κ2) is 8.87. The zero-order valence-corrected chi connectivity index (χ0v) is 16.1. The molecule has 0 unspecified atom stereocenters. The summed E-state index contributed by atoms with van der Waals surface area (Å²) in [6.07, 6.45) is -0.532. The lowest BCUT2D eigenvalue weighted by Crippen LogP contribution is -2.59. The maximum Gasteiger partial charge on any atom is 0.411 e. The number of methoxy groups -OCH3 is 1. The largest absolute Gasteiger partial charge is 0.467 e. The van der Waals surface area contributed by atoms with Gasteiger partial charge in [-0.25, -0.2) is 14.0 Å². The number of ether oxygens (including phenoxy) is 2. The van der Waals surface area contributed by atoms with Crippen molar-refractivity contribution in [1.29, 1.82) is 0 Å². The second-order valence-corrected chi connectivity index (χ2v) is 7.26. The van der Waals surface area contributed by atoms with Crippen molar-refractivity contribution in [3.05, 3.63) is 35.6 Å². The van der Waals surface area contributed by atoms with Crippen LogP contribution in [0.5, 0.6) is 0 Å². The summed E-state index contributed by atoms with van der Waals surface area (Å²) in [4.78, 5) is 27.9. The third kappa shape index (κ3) is 6.26. The fourth-order valence-electron chi connectivity index (χ4n) is 2.65. The Kier molecular flexibility index (Phi) is 6.81. The fraction of sp³-hybridized carbons (Fsp3) is 0.500. The van der Waals surface area contributed by atoms with Gasteiger partial charge in [-0.2, -0.15) is 0 Å². The van der Waals surface area contributed by atoms with Crippen molar-refractivity contribution < 1.29 is 23.5 Å². The summed E-state index contributed by atoms with van der Waals surface area (Å²) in [5, 5.41) is 0. The van der Waals surface area contributed by atoms with Crippen LogP contribution in [0.2, 0.25) is 0 Å². The first-order chi connectivity index (χ1) is 12.7. The van der Waals surface area contributed by atoms with Crippen molar-refractivity contribution in [2.24, 2.45) is 0 Å². The van der Waals surface area contributed by atoms with Gasteiger partial charge in [0.25, 0.3) is 0 Å². The van der Waals surface area contributed by atoms with E-state index in [9.17, 15) is 14.0 Å². The summed E-state index contributed by atoms with van der Waals surface area (Å²) in [7, 11) is 1.29. The lowest BCUT2D eigenvalue weighted by molar-refractivity contribution is -0.149. The molecule has 146 valence electrons. The number of carbonyl (C=O) groups excluding carboxylic acids is 2. The van der Waals surface area contributed by atoms with Crippen LogP contribution in [-0.2, 0) is 14.3 Å². The predicted molar refractivity (Wildman–Crippen MR) is 98.5 cm³/mol. The van der Waals surface area contributed by atoms with Gasteiger partial charge in [0.05, 0.1) is 13.7 Å². The van der Waals surface area contributed by atoms with E-state index in [1.54, 1.807) is 32.9 Å². The van der Waals surface area contributed by atoms with Crippen LogP contribution in [0.15, 0.2) is 24.3 Å². The Morgan fingerprint density at radius 2 is 1.89 bits per heavy atom. The average Bonchev–Trinajstić information content (AvgIpc) is 2.61. The molecule has 1 aromatic carbocycles. The van der Waals surface area contributed by atoms with E-state index in [0.29, 0.717) is 31.7 Å². The van der Waals surface area contributed by atoms with Gasteiger partial charge in [0, 0.05) is 25.2 Å². The molecule has 1 atom stereocenters. The molecule has 1 aliphatic rings. The Bertz CT molecular complexity index is 731. The van der Waals surface area contributed by atoms with E-state index in [1.165, 1.54) is 24.1 Å². The molecule has 1 heterocycles. The fourth-order valence-corrected chi connectivity index (χ4v) is 2.65. The van der Waals surface area contributed by atoms with E-state index in [-0.39, 0.29) is 5.82 Å². The minimum atomic E-state index is -0.744. The van der Waals surface area contributed by atoms with Crippen LogP contribution in [0.3, 0.4) is 0 Å². The molecule has 0 N–H and O–H groups in total. The molecule has 1 amide bonds.